The van der Waals surface area contributed by atoms with Crippen molar-refractivity contribution in [3.8, 4) is 17.2 Å². The summed E-state index contributed by atoms with van der Waals surface area (Å²) in [6, 6.07) is 16.6. The molecule has 1 heterocycles. The number of nitrogens with zero attached hydrogens (tertiary/aromatic N) is 2. The van der Waals surface area contributed by atoms with Crippen molar-refractivity contribution in [2.24, 2.45) is 0 Å². The van der Waals surface area contributed by atoms with Gasteiger partial charge in [0.2, 0.25) is 5.91 Å². The monoisotopic (exact) mass is 608 g/mol. The van der Waals surface area contributed by atoms with Crippen LogP contribution in [0.3, 0.4) is 0 Å². The van der Waals surface area contributed by atoms with Gasteiger partial charge in [0.15, 0.2) is 4.34 Å². The van der Waals surface area contributed by atoms with Gasteiger partial charge < -0.3 is 29.7 Å². The molecule has 0 saturated carbocycles. The lowest BCUT2D eigenvalue weighted by atomic mass is 10.1. The number of amides is 2. The van der Waals surface area contributed by atoms with Gasteiger partial charge in [-0.2, -0.15) is 0 Å². The molecule has 0 bridgehead atoms. The number of thiazole rings is 1. The molecule has 3 aromatic carbocycles. The third-order valence-electron chi connectivity index (χ3n) is 6.55. The van der Waals surface area contributed by atoms with E-state index < -0.39 is 0 Å². The largest absolute Gasteiger partial charge is 0.497 e. The number of methoxy groups -OCH3 is 2. The molecule has 0 aliphatic carbocycles. The summed E-state index contributed by atoms with van der Waals surface area (Å²) in [7, 11) is 7.14. The van der Waals surface area contributed by atoms with E-state index in [1.54, 1.807) is 26.4 Å². The van der Waals surface area contributed by atoms with Crippen LogP contribution in [0.15, 0.2) is 58.9 Å². The Morgan fingerprint density at radius 2 is 1.81 bits per heavy atom. The highest BCUT2D eigenvalue weighted by Crippen LogP contribution is 2.34. The molecule has 4 aromatic rings. The average molecular weight is 609 g/mol. The minimum atomic E-state index is -0.282. The van der Waals surface area contributed by atoms with Crippen molar-refractivity contribution in [2.75, 3.05) is 52.5 Å². The fourth-order valence-electron chi connectivity index (χ4n) is 4.24. The van der Waals surface area contributed by atoms with Gasteiger partial charge in [-0.15, -0.1) is 11.3 Å². The maximum absolute atomic E-state index is 13.2. The second kappa shape index (κ2) is 14.4. The number of thioether (sulfide) groups is 1. The number of aromatic nitrogens is 1. The number of hydrogen-bond donors (Lipinski definition) is 2. The molecule has 0 radical (unpaired) electrons. The second-order valence-corrected chi connectivity index (χ2v) is 12.1. The van der Waals surface area contributed by atoms with Crippen LogP contribution >= 0.6 is 23.1 Å². The van der Waals surface area contributed by atoms with Gasteiger partial charge >= 0.3 is 0 Å². The van der Waals surface area contributed by atoms with Crippen LogP contribution in [0.4, 0.5) is 5.69 Å². The van der Waals surface area contributed by atoms with Crippen LogP contribution in [0.1, 0.15) is 34.5 Å². The van der Waals surface area contributed by atoms with Gasteiger partial charge in [-0.1, -0.05) is 23.9 Å². The second-order valence-electron chi connectivity index (χ2n) is 9.89. The molecule has 0 spiro atoms. The molecule has 1 atom stereocenters. The van der Waals surface area contributed by atoms with E-state index in [0.29, 0.717) is 29.4 Å². The standard InChI is InChI=1S/C31H36N4O5S2/c1-19-26(40-16-15-35(3)4)14-12-24(29(19)39-6)30(37)33-22-9-13-25-27(17-22)42-31(34-25)41-18-28(36)32-20(2)21-7-10-23(38-5)11-8-21/h7-14,17,20H,15-16,18H2,1-6H3,(H,32,36)(H,33,37)/t20-/m0/s1. The van der Waals surface area contributed by atoms with E-state index in [1.165, 1.54) is 23.1 Å². The third-order valence-corrected chi connectivity index (χ3v) is 8.71. The number of rotatable bonds is 13. The zero-order chi connectivity index (χ0) is 30.2. The number of ether oxygens (including phenoxy) is 3. The van der Waals surface area contributed by atoms with Crippen LogP contribution in [0.5, 0.6) is 17.2 Å². The minimum Gasteiger partial charge on any atom is -0.497 e. The first-order valence-electron chi connectivity index (χ1n) is 13.4. The highest BCUT2D eigenvalue weighted by Gasteiger charge is 2.19. The highest BCUT2D eigenvalue weighted by atomic mass is 32.2. The number of benzene rings is 3. The highest BCUT2D eigenvalue weighted by molar-refractivity contribution is 8.01. The Morgan fingerprint density at radius 3 is 2.50 bits per heavy atom. The van der Waals surface area contributed by atoms with E-state index in [0.717, 1.165) is 38.0 Å². The molecule has 0 saturated heterocycles. The maximum Gasteiger partial charge on any atom is 0.259 e. The van der Waals surface area contributed by atoms with Crippen LogP contribution in [0.2, 0.25) is 0 Å². The molecule has 0 aliphatic rings. The van der Waals surface area contributed by atoms with Crippen molar-refractivity contribution >= 4 is 50.8 Å². The molecule has 4 rings (SSSR count). The number of carbonyl (C=O) groups excluding carboxylic acids is 2. The number of fused-ring (bicyclic) bond motifs is 1. The third kappa shape index (κ3) is 7.93. The summed E-state index contributed by atoms with van der Waals surface area (Å²) in [6.45, 7) is 5.14. The van der Waals surface area contributed by atoms with Gasteiger partial charge in [-0.25, -0.2) is 4.98 Å². The predicted molar refractivity (Wildman–Crippen MR) is 170 cm³/mol. The summed E-state index contributed by atoms with van der Waals surface area (Å²) in [6.07, 6.45) is 0. The summed E-state index contributed by atoms with van der Waals surface area (Å²) in [5.74, 6) is 1.83. The van der Waals surface area contributed by atoms with Gasteiger partial charge in [0, 0.05) is 17.8 Å². The summed E-state index contributed by atoms with van der Waals surface area (Å²) < 4.78 is 18.4. The first kappa shape index (κ1) is 31.1. The van der Waals surface area contributed by atoms with E-state index >= 15 is 0 Å². The Balaban J connectivity index is 1.36. The fourth-order valence-corrected chi connectivity index (χ4v) is 6.16. The van der Waals surface area contributed by atoms with Crippen molar-refractivity contribution in [1.82, 2.24) is 15.2 Å². The fraction of sp³-hybridized carbons (Fsp3) is 0.323. The maximum atomic E-state index is 13.2. The number of carbonyl (C=O) groups is 2. The van der Waals surface area contributed by atoms with E-state index in [1.807, 2.05) is 75.3 Å². The van der Waals surface area contributed by atoms with Crippen molar-refractivity contribution in [1.29, 1.82) is 0 Å². The van der Waals surface area contributed by atoms with Crippen LogP contribution in [0, 0.1) is 6.92 Å². The summed E-state index contributed by atoms with van der Waals surface area (Å²) in [4.78, 5) is 32.5. The van der Waals surface area contributed by atoms with E-state index in [2.05, 4.69) is 15.6 Å². The van der Waals surface area contributed by atoms with Crippen LogP contribution < -0.4 is 24.8 Å². The average Bonchev–Trinajstić information content (AvgIpc) is 3.39. The smallest absolute Gasteiger partial charge is 0.259 e. The minimum absolute atomic E-state index is 0.0751. The van der Waals surface area contributed by atoms with Crippen LogP contribution in [-0.4, -0.2) is 68.9 Å². The number of likely N-dealkylation sites (N-methyl/N-ethyl adjacent to an activating group) is 1. The zero-order valence-electron chi connectivity index (χ0n) is 24.6. The van der Waals surface area contributed by atoms with Gasteiger partial charge in [-0.3, -0.25) is 9.59 Å². The Bertz CT molecular complexity index is 1540. The van der Waals surface area contributed by atoms with Gasteiger partial charge in [0.05, 0.1) is 41.8 Å². The molecular formula is C31H36N4O5S2. The number of anilines is 1. The molecule has 2 N–H and O–H groups in total. The summed E-state index contributed by atoms with van der Waals surface area (Å²) in [5, 5.41) is 5.99. The lowest BCUT2D eigenvalue weighted by Crippen LogP contribution is -2.28. The molecule has 11 heteroatoms. The topological polar surface area (TPSA) is 102 Å². The predicted octanol–water partition coefficient (Wildman–Crippen LogP) is 5.78. The van der Waals surface area contributed by atoms with Crippen LogP contribution in [0.25, 0.3) is 10.2 Å². The van der Waals surface area contributed by atoms with E-state index in [-0.39, 0.29) is 23.6 Å². The molecule has 1 aromatic heterocycles. The Kier molecular flexibility index (Phi) is 10.7. The first-order chi connectivity index (χ1) is 20.2. The quantitative estimate of drug-likeness (QED) is 0.184. The Labute approximate surface area is 254 Å². The van der Waals surface area contributed by atoms with Gasteiger partial charge in [0.1, 0.15) is 23.9 Å². The SMILES string of the molecule is COc1ccc([C@H](C)NC(=O)CSc2nc3ccc(NC(=O)c4ccc(OCCN(C)C)c(C)c4OC)cc3s2)cc1. The lowest BCUT2D eigenvalue weighted by molar-refractivity contribution is -0.119. The van der Waals surface area contributed by atoms with Crippen LogP contribution in [-0.2, 0) is 4.79 Å². The molecule has 0 unspecified atom stereocenters. The van der Waals surface area contributed by atoms with E-state index in [4.69, 9.17) is 14.2 Å². The molecule has 222 valence electrons. The van der Waals surface area contributed by atoms with Gasteiger partial charge in [0.25, 0.3) is 5.91 Å². The lowest BCUT2D eigenvalue weighted by Gasteiger charge is -2.17. The summed E-state index contributed by atoms with van der Waals surface area (Å²) >= 11 is 2.87. The molecule has 9 nitrogen and oxygen atoms in total. The zero-order valence-corrected chi connectivity index (χ0v) is 26.3. The number of hydrogen-bond acceptors (Lipinski definition) is 9. The normalized spacial score (nSPS) is 11.8. The molecular weight excluding hydrogens is 572 g/mol. The van der Waals surface area contributed by atoms with E-state index in [9.17, 15) is 9.59 Å². The van der Waals surface area contributed by atoms with Crippen molar-refractivity contribution in [3.63, 3.8) is 0 Å². The summed E-state index contributed by atoms with van der Waals surface area (Å²) in [5.41, 5.74) is 3.64. The molecule has 2 amide bonds. The van der Waals surface area contributed by atoms with Gasteiger partial charge in [-0.05, 0) is 76.0 Å². The van der Waals surface area contributed by atoms with Crippen molar-refractivity contribution in [3.05, 3.63) is 71.3 Å². The molecule has 42 heavy (non-hydrogen) atoms. The Hall–Kier alpha value is -3.80. The van der Waals surface area contributed by atoms with Crippen molar-refractivity contribution in [2.45, 2.75) is 24.2 Å². The molecule has 0 aliphatic heterocycles. The van der Waals surface area contributed by atoms with Crippen molar-refractivity contribution < 1.29 is 23.8 Å². The first-order valence-corrected chi connectivity index (χ1v) is 15.2. The number of nitrogens with one attached hydrogen (secondary N) is 2. The molecule has 0 fully saturated rings. The Morgan fingerprint density at radius 1 is 1.05 bits per heavy atom.